The van der Waals surface area contributed by atoms with Crippen molar-refractivity contribution in [3.05, 3.63) is 16.1 Å². The molecule has 1 aromatic rings. The molecule has 4 heteroatoms. The molecule has 78 valence electrons. The Labute approximate surface area is 88.4 Å². The fraction of sp³-hybridized carbons (Fsp3) is 0.700. The maximum absolute atomic E-state index is 8.95. The van der Waals surface area contributed by atoms with Gasteiger partial charge in [0.05, 0.1) is 16.5 Å². The lowest BCUT2D eigenvalue weighted by molar-refractivity contribution is 0.285. The van der Waals surface area contributed by atoms with E-state index in [0.29, 0.717) is 5.92 Å². The van der Waals surface area contributed by atoms with Crippen LogP contribution in [0, 0.1) is 0 Å². The van der Waals surface area contributed by atoms with E-state index in [4.69, 9.17) is 5.11 Å². The molecule has 0 radical (unpaired) electrons. The topological polar surface area (TPSA) is 36.4 Å². The Morgan fingerprint density at radius 3 is 3.14 bits per heavy atom. The summed E-state index contributed by atoms with van der Waals surface area (Å²) in [6.07, 6.45) is 3.01. The van der Waals surface area contributed by atoms with Crippen molar-refractivity contribution in [3.63, 3.8) is 0 Å². The highest BCUT2D eigenvalue weighted by Crippen LogP contribution is 2.29. The normalized spacial score (nSPS) is 23.1. The van der Waals surface area contributed by atoms with E-state index in [1.165, 1.54) is 18.0 Å². The van der Waals surface area contributed by atoms with Crippen LogP contribution < -0.4 is 0 Å². The van der Waals surface area contributed by atoms with Gasteiger partial charge in [-0.3, -0.25) is 0 Å². The van der Waals surface area contributed by atoms with Gasteiger partial charge in [0, 0.05) is 18.7 Å². The number of hydrogen-bond acceptors (Lipinski definition) is 4. The van der Waals surface area contributed by atoms with Crippen LogP contribution in [0.3, 0.4) is 0 Å². The van der Waals surface area contributed by atoms with Crippen molar-refractivity contribution in [3.8, 4) is 0 Å². The van der Waals surface area contributed by atoms with Gasteiger partial charge < -0.3 is 10.0 Å². The van der Waals surface area contributed by atoms with Gasteiger partial charge in [-0.15, -0.1) is 11.3 Å². The molecule has 1 aromatic heterocycles. The predicted octanol–water partition coefficient (Wildman–Crippen LogP) is 1.44. The average molecular weight is 212 g/mol. The Morgan fingerprint density at radius 1 is 1.71 bits per heavy atom. The third-order valence-electron chi connectivity index (χ3n) is 2.80. The van der Waals surface area contributed by atoms with Gasteiger partial charge in [0.25, 0.3) is 0 Å². The van der Waals surface area contributed by atoms with E-state index >= 15 is 0 Å². The second-order valence-corrected chi connectivity index (χ2v) is 4.85. The van der Waals surface area contributed by atoms with Gasteiger partial charge in [-0.1, -0.05) is 6.92 Å². The van der Waals surface area contributed by atoms with Crippen LogP contribution in [-0.2, 0) is 6.61 Å². The fourth-order valence-corrected chi connectivity index (χ4v) is 2.81. The van der Waals surface area contributed by atoms with Crippen LogP contribution in [0.2, 0.25) is 0 Å². The van der Waals surface area contributed by atoms with Crippen LogP contribution >= 0.6 is 11.3 Å². The average Bonchev–Trinajstić information content (AvgIpc) is 2.86. The van der Waals surface area contributed by atoms with Gasteiger partial charge in [-0.25, -0.2) is 4.98 Å². The van der Waals surface area contributed by atoms with E-state index < -0.39 is 0 Å². The van der Waals surface area contributed by atoms with Crippen molar-refractivity contribution >= 4 is 11.3 Å². The summed E-state index contributed by atoms with van der Waals surface area (Å²) in [5.41, 5.74) is 0. The zero-order valence-electron chi connectivity index (χ0n) is 8.44. The largest absolute Gasteiger partial charge is 0.391 e. The number of thiazole rings is 1. The molecule has 1 aliphatic heterocycles. The van der Waals surface area contributed by atoms with E-state index in [2.05, 4.69) is 16.8 Å². The van der Waals surface area contributed by atoms with Gasteiger partial charge >= 0.3 is 0 Å². The maximum Gasteiger partial charge on any atom is 0.0972 e. The Kier molecular flexibility index (Phi) is 3.15. The summed E-state index contributed by atoms with van der Waals surface area (Å²) in [6, 6.07) is 0. The van der Waals surface area contributed by atoms with Crippen LogP contribution in [0.5, 0.6) is 0 Å². The fourth-order valence-electron chi connectivity index (χ4n) is 1.91. The van der Waals surface area contributed by atoms with E-state index in [0.717, 1.165) is 18.0 Å². The monoisotopic (exact) mass is 212 g/mol. The molecule has 0 bridgehead atoms. The zero-order chi connectivity index (χ0) is 9.97. The molecule has 1 aliphatic rings. The molecule has 1 N–H and O–H groups in total. The van der Waals surface area contributed by atoms with Crippen molar-refractivity contribution in [1.82, 2.24) is 9.88 Å². The lowest BCUT2D eigenvalue weighted by Crippen LogP contribution is -2.19. The highest BCUT2D eigenvalue weighted by molar-refractivity contribution is 7.11. The van der Waals surface area contributed by atoms with E-state index in [9.17, 15) is 0 Å². The first-order chi connectivity index (χ1) is 6.83. The number of aromatic nitrogens is 1. The molecule has 1 atom stereocenters. The molecular weight excluding hydrogens is 196 g/mol. The minimum Gasteiger partial charge on any atom is -0.391 e. The first kappa shape index (κ1) is 10.1. The van der Waals surface area contributed by atoms with Gasteiger partial charge in [0.2, 0.25) is 0 Å². The first-order valence-corrected chi connectivity index (χ1v) is 5.93. The molecule has 0 spiro atoms. The van der Waals surface area contributed by atoms with Crippen LogP contribution in [-0.4, -0.2) is 34.6 Å². The quantitative estimate of drug-likeness (QED) is 0.823. The number of likely N-dealkylation sites (tertiary alicyclic amines) is 1. The molecule has 1 unspecified atom stereocenters. The molecular formula is C10H16N2OS. The summed E-state index contributed by atoms with van der Waals surface area (Å²) in [5.74, 6) is 0.597. The maximum atomic E-state index is 8.95. The number of aliphatic hydroxyl groups is 1. The summed E-state index contributed by atoms with van der Waals surface area (Å²) in [6.45, 7) is 5.78. The second kappa shape index (κ2) is 4.38. The van der Waals surface area contributed by atoms with Crippen LogP contribution in [0.25, 0.3) is 0 Å². The lowest BCUT2D eigenvalue weighted by Gasteiger charge is -2.11. The number of rotatable bonds is 3. The summed E-state index contributed by atoms with van der Waals surface area (Å²) in [5, 5.41) is 10.2. The van der Waals surface area contributed by atoms with Crippen LogP contribution in [0.1, 0.15) is 29.1 Å². The van der Waals surface area contributed by atoms with Crippen molar-refractivity contribution < 1.29 is 5.11 Å². The molecule has 0 aliphatic carbocycles. The van der Waals surface area contributed by atoms with Crippen molar-refractivity contribution in [1.29, 1.82) is 0 Å². The number of likely N-dealkylation sites (N-methyl/N-ethyl adjacent to an activating group) is 1. The van der Waals surface area contributed by atoms with E-state index in [1.807, 2.05) is 0 Å². The third-order valence-corrected chi connectivity index (χ3v) is 3.94. The molecule has 3 nitrogen and oxygen atoms in total. The molecule has 2 rings (SSSR count). The van der Waals surface area contributed by atoms with E-state index in [-0.39, 0.29) is 6.61 Å². The van der Waals surface area contributed by atoms with Gasteiger partial charge in [0.15, 0.2) is 0 Å². The lowest BCUT2D eigenvalue weighted by atomic mass is 10.1. The van der Waals surface area contributed by atoms with Crippen LogP contribution in [0.15, 0.2) is 6.20 Å². The Balaban J connectivity index is 2.02. The number of nitrogens with zero attached hydrogens (tertiary/aromatic N) is 2. The zero-order valence-corrected chi connectivity index (χ0v) is 9.26. The molecule has 1 fully saturated rings. The smallest absolute Gasteiger partial charge is 0.0972 e. The van der Waals surface area contributed by atoms with Crippen molar-refractivity contribution in [2.75, 3.05) is 19.6 Å². The predicted molar refractivity (Wildman–Crippen MR) is 57.5 cm³/mol. The minimum atomic E-state index is 0.127. The summed E-state index contributed by atoms with van der Waals surface area (Å²) in [4.78, 5) is 7.80. The number of aliphatic hydroxyl groups excluding tert-OH is 1. The SMILES string of the molecule is CCN1CCC(c2ncc(CO)s2)C1. The second-order valence-electron chi connectivity index (χ2n) is 3.70. The Hall–Kier alpha value is -0.450. The van der Waals surface area contributed by atoms with Crippen LogP contribution in [0.4, 0.5) is 0 Å². The molecule has 1 saturated heterocycles. The van der Waals surface area contributed by atoms with Gasteiger partial charge in [0.1, 0.15) is 0 Å². The Morgan fingerprint density at radius 2 is 2.57 bits per heavy atom. The summed E-state index contributed by atoms with van der Waals surface area (Å²) < 4.78 is 0. The highest BCUT2D eigenvalue weighted by atomic mass is 32.1. The summed E-state index contributed by atoms with van der Waals surface area (Å²) in [7, 11) is 0. The van der Waals surface area contributed by atoms with Crippen molar-refractivity contribution in [2.24, 2.45) is 0 Å². The first-order valence-electron chi connectivity index (χ1n) is 5.11. The standard InChI is InChI=1S/C10H16N2OS/c1-2-12-4-3-8(6-12)10-11-5-9(7-13)14-10/h5,8,13H,2-4,6-7H2,1H3. The molecule has 0 aromatic carbocycles. The molecule has 0 saturated carbocycles. The highest BCUT2D eigenvalue weighted by Gasteiger charge is 2.24. The van der Waals surface area contributed by atoms with Gasteiger partial charge in [-0.2, -0.15) is 0 Å². The number of hydrogen-bond donors (Lipinski definition) is 1. The van der Waals surface area contributed by atoms with Gasteiger partial charge in [-0.05, 0) is 19.5 Å². The molecule has 2 heterocycles. The van der Waals surface area contributed by atoms with E-state index in [1.54, 1.807) is 17.5 Å². The summed E-state index contributed by atoms with van der Waals surface area (Å²) >= 11 is 1.65. The Bertz CT molecular complexity index is 300. The molecule has 0 amide bonds. The third kappa shape index (κ3) is 1.97. The minimum absolute atomic E-state index is 0.127. The molecule has 14 heavy (non-hydrogen) atoms. The van der Waals surface area contributed by atoms with Crippen molar-refractivity contribution in [2.45, 2.75) is 25.9 Å².